The molecule has 0 saturated heterocycles. The minimum atomic E-state index is 0.0439. The first-order chi connectivity index (χ1) is 8.04. The van der Waals surface area contributed by atoms with Gasteiger partial charge in [-0.15, -0.1) is 0 Å². The highest BCUT2D eigenvalue weighted by Crippen LogP contribution is 2.27. The molecule has 0 unspecified atom stereocenters. The van der Waals surface area contributed by atoms with Gasteiger partial charge in [0.2, 0.25) is 5.91 Å². The summed E-state index contributed by atoms with van der Waals surface area (Å²) in [6, 6.07) is 3.70. The zero-order valence-electron chi connectivity index (χ0n) is 10.3. The fourth-order valence-corrected chi connectivity index (χ4v) is 2.09. The molecular weight excluding hydrogens is 280 g/mol. The van der Waals surface area contributed by atoms with Gasteiger partial charge in [0.15, 0.2) is 0 Å². The van der Waals surface area contributed by atoms with Crippen LogP contribution in [0.25, 0.3) is 0 Å². The first-order valence-corrected chi connectivity index (χ1v) is 6.69. The van der Waals surface area contributed by atoms with Crippen LogP contribution in [0.1, 0.15) is 38.2 Å². The number of unbranched alkanes of at least 4 members (excludes halogenated alkanes) is 2. The molecular formula is C13H19BrN2O. The van der Waals surface area contributed by atoms with Gasteiger partial charge in [0.25, 0.3) is 0 Å². The van der Waals surface area contributed by atoms with Crippen molar-refractivity contribution in [3.8, 4) is 0 Å². The lowest BCUT2D eigenvalue weighted by Gasteiger charge is -2.10. The highest BCUT2D eigenvalue weighted by Gasteiger charge is 2.07. The number of hydrogen-bond donors (Lipinski definition) is 2. The number of hydrogen-bond acceptors (Lipinski definition) is 2. The molecule has 0 saturated carbocycles. The quantitative estimate of drug-likeness (QED) is 0.641. The van der Waals surface area contributed by atoms with Gasteiger partial charge in [-0.1, -0.05) is 19.8 Å². The van der Waals surface area contributed by atoms with Crippen LogP contribution < -0.4 is 11.1 Å². The Kier molecular flexibility index (Phi) is 5.48. The Balaban J connectivity index is 2.62. The monoisotopic (exact) mass is 298 g/mol. The Morgan fingerprint density at radius 1 is 1.41 bits per heavy atom. The summed E-state index contributed by atoms with van der Waals surface area (Å²) in [7, 11) is 0. The third-order valence-corrected chi connectivity index (χ3v) is 3.29. The molecule has 1 rings (SSSR count). The van der Waals surface area contributed by atoms with E-state index in [4.69, 9.17) is 5.73 Å². The number of carbonyl (C=O) groups is 1. The predicted molar refractivity (Wildman–Crippen MR) is 76.1 cm³/mol. The van der Waals surface area contributed by atoms with E-state index < -0.39 is 0 Å². The Morgan fingerprint density at radius 3 is 2.76 bits per heavy atom. The number of halogens is 1. The van der Waals surface area contributed by atoms with Crippen molar-refractivity contribution in [3.63, 3.8) is 0 Å². The number of nitrogens with two attached hydrogens (primary N) is 1. The fraction of sp³-hybridized carbons (Fsp3) is 0.462. The van der Waals surface area contributed by atoms with Crippen molar-refractivity contribution in [2.24, 2.45) is 0 Å². The zero-order chi connectivity index (χ0) is 12.8. The third kappa shape index (κ3) is 4.38. The molecule has 3 N–H and O–H groups in total. The van der Waals surface area contributed by atoms with Gasteiger partial charge in [0.05, 0.1) is 5.69 Å². The van der Waals surface area contributed by atoms with Gasteiger partial charge in [-0.05, 0) is 47.0 Å². The van der Waals surface area contributed by atoms with Crippen molar-refractivity contribution >= 4 is 33.2 Å². The van der Waals surface area contributed by atoms with E-state index in [2.05, 4.69) is 28.2 Å². The molecule has 0 spiro atoms. The Morgan fingerprint density at radius 2 is 2.12 bits per heavy atom. The van der Waals surface area contributed by atoms with Crippen molar-refractivity contribution in [1.29, 1.82) is 0 Å². The maximum Gasteiger partial charge on any atom is 0.224 e. The zero-order valence-corrected chi connectivity index (χ0v) is 11.9. The molecule has 1 aromatic carbocycles. The van der Waals surface area contributed by atoms with E-state index in [0.29, 0.717) is 12.1 Å². The first kappa shape index (κ1) is 14.0. The van der Waals surface area contributed by atoms with E-state index in [1.165, 1.54) is 0 Å². The second kappa shape index (κ2) is 6.64. The molecule has 0 radical (unpaired) electrons. The minimum Gasteiger partial charge on any atom is -0.398 e. The Bertz CT molecular complexity index is 405. The van der Waals surface area contributed by atoms with Gasteiger partial charge in [0.1, 0.15) is 0 Å². The van der Waals surface area contributed by atoms with E-state index in [-0.39, 0.29) is 5.91 Å². The third-order valence-electron chi connectivity index (χ3n) is 2.64. The van der Waals surface area contributed by atoms with Gasteiger partial charge in [-0.2, -0.15) is 0 Å². The normalized spacial score (nSPS) is 10.3. The van der Waals surface area contributed by atoms with Crippen molar-refractivity contribution in [2.45, 2.75) is 39.5 Å². The number of rotatable bonds is 5. The summed E-state index contributed by atoms with van der Waals surface area (Å²) in [4.78, 5) is 11.7. The van der Waals surface area contributed by atoms with Gasteiger partial charge in [-0.3, -0.25) is 4.79 Å². The fourth-order valence-electron chi connectivity index (χ4n) is 1.53. The summed E-state index contributed by atoms with van der Waals surface area (Å²) in [6.07, 6.45) is 3.70. The number of benzene rings is 1. The SMILES string of the molecule is CCCCCC(=O)Nc1cc(N)c(C)cc1Br. The topological polar surface area (TPSA) is 55.1 Å². The van der Waals surface area contributed by atoms with E-state index in [1.807, 2.05) is 13.0 Å². The van der Waals surface area contributed by atoms with E-state index >= 15 is 0 Å². The van der Waals surface area contributed by atoms with Crippen LogP contribution in [0.2, 0.25) is 0 Å². The van der Waals surface area contributed by atoms with Crippen LogP contribution in [0.3, 0.4) is 0 Å². The highest BCUT2D eigenvalue weighted by atomic mass is 79.9. The Hall–Kier alpha value is -1.03. The van der Waals surface area contributed by atoms with Gasteiger partial charge in [-0.25, -0.2) is 0 Å². The standard InChI is InChI=1S/C13H19BrN2O/c1-3-4-5-6-13(17)16-12-8-11(15)9(2)7-10(12)14/h7-8H,3-6,15H2,1-2H3,(H,16,17). The molecule has 0 fully saturated rings. The van der Waals surface area contributed by atoms with Crippen LogP contribution >= 0.6 is 15.9 Å². The van der Waals surface area contributed by atoms with Crippen LogP contribution in [-0.2, 0) is 4.79 Å². The van der Waals surface area contributed by atoms with Gasteiger partial charge >= 0.3 is 0 Å². The van der Waals surface area contributed by atoms with Gasteiger partial charge in [0, 0.05) is 16.6 Å². The van der Waals surface area contributed by atoms with Crippen LogP contribution in [0.15, 0.2) is 16.6 Å². The highest BCUT2D eigenvalue weighted by molar-refractivity contribution is 9.10. The van der Waals surface area contributed by atoms with Crippen molar-refractivity contribution in [3.05, 3.63) is 22.2 Å². The van der Waals surface area contributed by atoms with E-state index in [1.54, 1.807) is 6.07 Å². The molecule has 1 aromatic rings. The maximum atomic E-state index is 11.7. The molecule has 4 heteroatoms. The van der Waals surface area contributed by atoms with Crippen molar-refractivity contribution in [2.75, 3.05) is 11.1 Å². The molecule has 17 heavy (non-hydrogen) atoms. The molecule has 1 amide bonds. The number of anilines is 2. The molecule has 0 aliphatic carbocycles. The number of carbonyl (C=O) groups excluding carboxylic acids is 1. The minimum absolute atomic E-state index is 0.0439. The van der Waals surface area contributed by atoms with Crippen LogP contribution in [0.5, 0.6) is 0 Å². The maximum absolute atomic E-state index is 11.7. The average Bonchev–Trinajstić information content (AvgIpc) is 2.26. The van der Waals surface area contributed by atoms with Crippen LogP contribution in [-0.4, -0.2) is 5.91 Å². The van der Waals surface area contributed by atoms with E-state index in [9.17, 15) is 4.79 Å². The summed E-state index contributed by atoms with van der Waals surface area (Å²) >= 11 is 3.42. The van der Waals surface area contributed by atoms with Crippen molar-refractivity contribution in [1.82, 2.24) is 0 Å². The molecule has 0 bridgehead atoms. The summed E-state index contributed by atoms with van der Waals surface area (Å²) in [5.41, 5.74) is 8.25. The first-order valence-electron chi connectivity index (χ1n) is 5.90. The molecule has 3 nitrogen and oxygen atoms in total. The Labute approximate surface area is 111 Å². The van der Waals surface area contributed by atoms with Crippen LogP contribution in [0, 0.1) is 6.92 Å². The summed E-state index contributed by atoms with van der Waals surface area (Å²) in [5.74, 6) is 0.0439. The second-order valence-electron chi connectivity index (χ2n) is 4.19. The summed E-state index contributed by atoms with van der Waals surface area (Å²) < 4.78 is 0.869. The molecule has 0 aromatic heterocycles. The van der Waals surface area contributed by atoms with Crippen molar-refractivity contribution < 1.29 is 4.79 Å². The largest absolute Gasteiger partial charge is 0.398 e. The number of amides is 1. The molecule has 0 aliphatic rings. The lowest BCUT2D eigenvalue weighted by molar-refractivity contribution is -0.116. The summed E-state index contributed by atoms with van der Waals surface area (Å²) in [5, 5.41) is 2.87. The molecule has 94 valence electrons. The number of nitrogens with one attached hydrogen (secondary N) is 1. The smallest absolute Gasteiger partial charge is 0.224 e. The molecule has 0 heterocycles. The predicted octanol–water partition coefficient (Wildman–Crippen LogP) is 3.86. The number of nitrogen functional groups attached to an aromatic ring is 1. The second-order valence-corrected chi connectivity index (χ2v) is 5.05. The van der Waals surface area contributed by atoms with E-state index in [0.717, 1.165) is 35.0 Å². The molecule has 0 aliphatic heterocycles. The molecule has 0 atom stereocenters. The lowest BCUT2D eigenvalue weighted by atomic mass is 10.1. The average molecular weight is 299 g/mol. The number of aryl methyl sites for hydroxylation is 1. The summed E-state index contributed by atoms with van der Waals surface area (Å²) in [6.45, 7) is 4.06. The lowest BCUT2D eigenvalue weighted by Crippen LogP contribution is -2.12. The van der Waals surface area contributed by atoms with Crippen LogP contribution in [0.4, 0.5) is 11.4 Å². The van der Waals surface area contributed by atoms with Gasteiger partial charge < -0.3 is 11.1 Å².